The van der Waals surface area contributed by atoms with Crippen LogP contribution in [0.15, 0.2) is 45.7 Å². The molecule has 0 aliphatic heterocycles. The van der Waals surface area contributed by atoms with Crippen molar-refractivity contribution in [1.82, 2.24) is 4.57 Å². The summed E-state index contributed by atoms with van der Waals surface area (Å²) in [6.07, 6.45) is 0. The summed E-state index contributed by atoms with van der Waals surface area (Å²) in [5.41, 5.74) is 1.77. The monoisotopic (exact) mass is 427 g/mol. The van der Waals surface area contributed by atoms with Crippen molar-refractivity contribution in [3.63, 3.8) is 0 Å². The quantitative estimate of drug-likeness (QED) is 0.548. The van der Waals surface area contributed by atoms with Crippen LogP contribution in [0.2, 0.25) is 0 Å². The molecule has 0 saturated carbocycles. The first kappa shape index (κ1) is 17.0. The summed E-state index contributed by atoms with van der Waals surface area (Å²) in [6, 6.07) is 11.0. The maximum absolute atomic E-state index is 12.6. The van der Waals surface area contributed by atoms with E-state index in [1.165, 1.54) is 13.2 Å². The van der Waals surface area contributed by atoms with Crippen molar-refractivity contribution >= 4 is 37.8 Å². The first-order valence-electron chi connectivity index (χ1n) is 6.64. The topological polar surface area (TPSA) is 48.3 Å². The number of hydrogen-bond donors (Lipinski definition) is 0. The van der Waals surface area contributed by atoms with Crippen LogP contribution in [0, 0.1) is 0 Å². The van der Waals surface area contributed by atoms with Crippen molar-refractivity contribution in [2.45, 2.75) is 18.3 Å². The van der Waals surface area contributed by atoms with Gasteiger partial charge in [-0.05, 0) is 34.5 Å². The van der Waals surface area contributed by atoms with E-state index in [1.807, 2.05) is 37.3 Å². The number of nitrogens with zero attached hydrogens (tertiary/aromatic N) is 1. The van der Waals surface area contributed by atoms with E-state index < -0.39 is 5.97 Å². The molecule has 1 atom stereocenters. The number of methoxy groups -OCH3 is 1. The van der Waals surface area contributed by atoms with E-state index in [2.05, 4.69) is 31.9 Å². The summed E-state index contributed by atoms with van der Waals surface area (Å²) in [6.45, 7) is 1.93. The van der Waals surface area contributed by atoms with Crippen molar-refractivity contribution in [3.8, 4) is 0 Å². The Kier molecular flexibility index (Phi) is 5.58. The lowest BCUT2D eigenvalue weighted by atomic mass is 10.1. The van der Waals surface area contributed by atoms with E-state index in [0.717, 1.165) is 5.56 Å². The Hall–Kier alpha value is -1.40. The Bertz CT molecular complexity index is 741. The molecule has 0 aliphatic carbocycles. The minimum absolute atomic E-state index is 0.182. The largest absolute Gasteiger partial charge is 0.465 e. The van der Waals surface area contributed by atoms with Crippen LogP contribution >= 0.6 is 31.9 Å². The second-order valence-electron chi connectivity index (χ2n) is 4.74. The molecule has 2 rings (SSSR count). The summed E-state index contributed by atoms with van der Waals surface area (Å²) in [7, 11) is 1.32. The van der Waals surface area contributed by atoms with Crippen molar-refractivity contribution < 1.29 is 9.53 Å². The number of rotatable bonds is 4. The van der Waals surface area contributed by atoms with Crippen molar-refractivity contribution in [1.29, 1.82) is 0 Å². The van der Waals surface area contributed by atoms with Crippen LogP contribution in [-0.2, 0) is 10.1 Å². The molecule has 0 amide bonds. The van der Waals surface area contributed by atoms with E-state index in [-0.39, 0.29) is 11.6 Å². The Labute approximate surface area is 145 Å². The molecule has 4 nitrogen and oxygen atoms in total. The lowest BCUT2D eigenvalue weighted by Gasteiger charge is -2.21. The number of alkyl halides is 1. The van der Waals surface area contributed by atoms with Gasteiger partial charge in [0.2, 0.25) is 0 Å². The molecule has 0 unspecified atom stereocenters. The van der Waals surface area contributed by atoms with Gasteiger partial charge in [-0.3, -0.25) is 4.79 Å². The van der Waals surface area contributed by atoms with Crippen LogP contribution < -0.4 is 5.56 Å². The minimum Gasteiger partial charge on any atom is -0.465 e. The molecule has 6 heteroatoms. The van der Waals surface area contributed by atoms with Gasteiger partial charge in [-0.1, -0.05) is 46.3 Å². The second-order valence-corrected chi connectivity index (χ2v) is 6.15. The fraction of sp³-hybridized carbons (Fsp3) is 0.250. The van der Waals surface area contributed by atoms with E-state index in [4.69, 9.17) is 4.74 Å². The number of benzene rings is 1. The van der Waals surface area contributed by atoms with E-state index >= 15 is 0 Å². The number of aromatic nitrogens is 1. The highest BCUT2D eigenvalue weighted by molar-refractivity contribution is 9.10. The summed E-state index contributed by atoms with van der Waals surface area (Å²) >= 11 is 6.62. The third kappa shape index (κ3) is 3.17. The molecule has 0 bridgehead atoms. The highest BCUT2D eigenvalue weighted by atomic mass is 79.9. The number of pyridine rings is 1. The fourth-order valence-corrected chi connectivity index (χ4v) is 3.34. The highest BCUT2D eigenvalue weighted by Gasteiger charge is 2.22. The second kappa shape index (κ2) is 7.24. The standard InChI is InChI=1S/C16H15Br2NO3/c1-10(11-6-4-3-5-7-11)19-14(9-17)12(16(21)22-2)8-13(18)15(19)20/h3-8,10H,9H2,1-2H3/t10-/m1/s1. The number of carbonyl (C=O) groups is 1. The zero-order valence-electron chi connectivity index (χ0n) is 12.2. The Morgan fingerprint density at radius 1 is 1.32 bits per heavy atom. The highest BCUT2D eigenvalue weighted by Crippen LogP contribution is 2.24. The van der Waals surface area contributed by atoms with Crippen LogP contribution in [0.25, 0.3) is 0 Å². The van der Waals surface area contributed by atoms with E-state index in [0.29, 0.717) is 21.1 Å². The number of esters is 1. The summed E-state index contributed by atoms with van der Waals surface area (Å²) in [5, 5.41) is 0.372. The number of halogens is 2. The minimum atomic E-state index is -0.468. The third-order valence-corrected chi connectivity index (χ3v) is 4.60. The van der Waals surface area contributed by atoms with Gasteiger partial charge in [-0.15, -0.1) is 0 Å². The maximum Gasteiger partial charge on any atom is 0.339 e. The lowest BCUT2D eigenvalue weighted by molar-refractivity contribution is 0.0598. The van der Waals surface area contributed by atoms with Gasteiger partial charge in [0, 0.05) is 11.0 Å². The van der Waals surface area contributed by atoms with Crippen LogP contribution in [0.3, 0.4) is 0 Å². The first-order valence-corrected chi connectivity index (χ1v) is 8.55. The van der Waals surface area contributed by atoms with Gasteiger partial charge in [0.15, 0.2) is 0 Å². The van der Waals surface area contributed by atoms with Gasteiger partial charge in [-0.2, -0.15) is 0 Å². The average molecular weight is 429 g/mol. The van der Waals surface area contributed by atoms with Crippen LogP contribution in [-0.4, -0.2) is 17.6 Å². The fourth-order valence-electron chi connectivity index (χ4n) is 2.35. The van der Waals surface area contributed by atoms with Gasteiger partial charge < -0.3 is 9.30 Å². The first-order chi connectivity index (χ1) is 10.5. The van der Waals surface area contributed by atoms with Crippen LogP contribution in [0.5, 0.6) is 0 Å². The van der Waals surface area contributed by atoms with Crippen molar-refractivity contribution in [2.24, 2.45) is 0 Å². The molecule has 0 radical (unpaired) electrons. The molecular weight excluding hydrogens is 414 g/mol. The molecule has 0 N–H and O–H groups in total. The Balaban J connectivity index is 2.71. The molecule has 1 aromatic carbocycles. The number of hydrogen-bond acceptors (Lipinski definition) is 3. The molecule has 1 heterocycles. The lowest BCUT2D eigenvalue weighted by Crippen LogP contribution is -2.29. The van der Waals surface area contributed by atoms with E-state index in [9.17, 15) is 9.59 Å². The summed E-state index contributed by atoms with van der Waals surface area (Å²) in [4.78, 5) is 24.6. The molecule has 2 aromatic rings. The Morgan fingerprint density at radius 2 is 1.95 bits per heavy atom. The van der Waals surface area contributed by atoms with Crippen LogP contribution in [0.4, 0.5) is 0 Å². The summed E-state index contributed by atoms with van der Waals surface area (Å²) in [5.74, 6) is -0.468. The van der Waals surface area contributed by atoms with E-state index in [1.54, 1.807) is 4.57 Å². The van der Waals surface area contributed by atoms with Crippen LogP contribution in [0.1, 0.15) is 34.6 Å². The predicted octanol–water partition coefficient (Wildman–Crippen LogP) is 3.90. The molecule has 1 aromatic heterocycles. The van der Waals surface area contributed by atoms with Gasteiger partial charge in [-0.25, -0.2) is 4.79 Å². The van der Waals surface area contributed by atoms with Crippen molar-refractivity contribution in [3.05, 3.63) is 68.0 Å². The molecule has 0 saturated heterocycles. The molecule has 22 heavy (non-hydrogen) atoms. The molecule has 0 spiro atoms. The SMILES string of the molecule is COC(=O)c1cc(Br)c(=O)n([C@H](C)c2ccccc2)c1CBr. The summed E-state index contributed by atoms with van der Waals surface area (Å²) < 4.78 is 6.76. The van der Waals surface area contributed by atoms with Gasteiger partial charge >= 0.3 is 5.97 Å². The zero-order valence-corrected chi connectivity index (χ0v) is 15.3. The molecule has 0 fully saturated rings. The third-order valence-electron chi connectivity index (χ3n) is 3.50. The normalized spacial score (nSPS) is 12.0. The van der Waals surface area contributed by atoms with Gasteiger partial charge in [0.1, 0.15) is 0 Å². The molecular formula is C16H15Br2NO3. The smallest absolute Gasteiger partial charge is 0.339 e. The molecule has 0 aliphatic rings. The van der Waals surface area contributed by atoms with Gasteiger partial charge in [0.05, 0.1) is 23.2 Å². The Morgan fingerprint density at radius 3 is 2.50 bits per heavy atom. The maximum atomic E-state index is 12.6. The number of ether oxygens (including phenoxy) is 1. The number of carbonyl (C=O) groups excluding carboxylic acids is 1. The molecule has 116 valence electrons. The van der Waals surface area contributed by atoms with Crippen molar-refractivity contribution in [2.75, 3.05) is 7.11 Å². The van der Waals surface area contributed by atoms with Gasteiger partial charge in [0.25, 0.3) is 5.56 Å². The zero-order chi connectivity index (χ0) is 16.3. The average Bonchev–Trinajstić information content (AvgIpc) is 2.56. The predicted molar refractivity (Wildman–Crippen MR) is 92.6 cm³/mol.